The van der Waals surface area contributed by atoms with Gasteiger partial charge in [-0.15, -0.1) is 0 Å². The first kappa shape index (κ1) is 6.51. The fraction of sp³-hybridized carbons (Fsp3) is 1.00. The Balaban J connectivity index is 1.88. The summed E-state index contributed by atoms with van der Waals surface area (Å²) in [5.41, 5.74) is 0. The van der Waals surface area contributed by atoms with Crippen LogP contribution in [-0.2, 0) is 0 Å². The zero-order valence-electron chi connectivity index (χ0n) is 7.26. The van der Waals surface area contributed by atoms with Gasteiger partial charge in [-0.1, -0.05) is 25.7 Å². The molecule has 0 aromatic carbocycles. The Bertz CT molecular complexity index is 145. The lowest BCUT2D eigenvalue weighted by molar-refractivity contribution is 0.312. The van der Waals surface area contributed by atoms with Gasteiger partial charge in [0.2, 0.25) is 0 Å². The van der Waals surface area contributed by atoms with Crippen molar-refractivity contribution in [1.29, 1.82) is 0 Å². The van der Waals surface area contributed by atoms with Gasteiger partial charge in [-0.25, -0.2) is 0 Å². The highest BCUT2D eigenvalue weighted by Gasteiger charge is 2.46. The Labute approximate surface area is 69.4 Å². The van der Waals surface area contributed by atoms with Crippen LogP contribution < -0.4 is 0 Å². The van der Waals surface area contributed by atoms with E-state index in [0.717, 1.165) is 0 Å². The highest BCUT2D eigenvalue weighted by atomic mass is 14.5. The zero-order chi connectivity index (χ0) is 7.26. The van der Waals surface area contributed by atoms with E-state index in [9.17, 15) is 0 Å². The molecule has 0 nitrogen and oxygen atoms in total. The van der Waals surface area contributed by atoms with E-state index < -0.39 is 0 Å². The van der Waals surface area contributed by atoms with E-state index in [0.29, 0.717) is 0 Å². The topological polar surface area (TPSA) is 0 Å². The van der Waals surface area contributed by atoms with E-state index in [1.165, 1.54) is 23.7 Å². The molecule has 0 amide bonds. The average Bonchev–Trinajstić information content (AvgIpc) is 2.58. The van der Waals surface area contributed by atoms with E-state index in [1.54, 1.807) is 44.9 Å². The van der Waals surface area contributed by atoms with Crippen molar-refractivity contribution in [2.75, 3.05) is 0 Å². The number of hydrogen-bond acceptors (Lipinski definition) is 0. The molecule has 0 N–H and O–H groups in total. The molecule has 3 fully saturated rings. The molecule has 0 heteroatoms. The molecule has 0 aromatic rings. The van der Waals surface area contributed by atoms with Gasteiger partial charge in [0, 0.05) is 0 Å². The summed E-state index contributed by atoms with van der Waals surface area (Å²) in [5.74, 6) is 4.76. The predicted octanol–water partition coefficient (Wildman–Crippen LogP) is 3.22. The molecule has 0 aromatic heterocycles. The fourth-order valence-corrected chi connectivity index (χ4v) is 4.23. The van der Waals surface area contributed by atoms with Crippen molar-refractivity contribution in [2.45, 2.75) is 44.9 Å². The lowest BCUT2D eigenvalue weighted by Gasteiger charge is -2.20. The van der Waals surface area contributed by atoms with Gasteiger partial charge >= 0.3 is 0 Å². The van der Waals surface area contributed by atoms with Crippen LogP contribution in [0.5, 0.6) is 0 Å². The molecule has 62 valence electrons. The standard InChI is InChI=1S/C11H18/c1-3-8-7-9(4-1)11-6-2-5-10(8)11/h8-11H,1-7H2/t8-,9+,10-,11?/m1/s1. The molecular formula is C11H18. The second kappa shape index (κ2) is 2.24. The molecule has 11 heavy (non-hydrogen) atoms. The highest BCUT2D eigenvalue weighted by Crippen LogP contribution is 2.56. The van der Waals surface area contributed by atoms with Crippen molar-refractivity contribution in [3.05, 3.63) is 0 Å². The van der Waals surface area contributed by atoms with Gasteiger partial charge in [0.15, 0.2) is 0 Å². The van der Waals surface area contributed by atoms with Crippen LogP contribution in [0.3, 0.4) is 0 Å². The lowest BCUT2D eigenvalue weighted by atomic mass is 9.85. The van der Waals surface area contributed by atoms with Gasteiger partial charge in [-0.3, -0.25) is 0 Å². The Morgan fingerprint density at radius 3 is 1.82 bits per heavy atom. The molecule has 3 aliphatic carbocycles. The van der Waals surface area contributed by atoms with Gasteiger partial charge < -0.3 is 0 Å². The van der Waals surface area contributed by atoms with Crippen molar-refractivity contribution < 1.29 is 0 Å². The smallest absolute Gasteiger partial charge is 0.0355 e. The summed E-state index contributed by atoms with van der Waals surface area (Å²) in [4.78, 5) is 0. The Morgan fingerprint density at radius 1 is 0.636 bits per heavy atom. The monoisotopic (exact) mass is 150 g/mol. The summed E-state index contributed by atoms with van der Waals surface area (Å²) < 4.78 is 0. The number of hydrogen-bond donors (Lipinski definition) is 0. The number of fused-ring (bicyclic) bond motifs is 5. The van der Waals surface area contributed by atoms with Gasteiger partial charge in [0.25, 0.3) is 0 Å². The molecule has 0 saturated heterocycles. The highest BCUT2D eigenvalue weighted by molar-refractivity contribution is 4.96. The summed E-state index contributed by atoms with van der Waals surface area (Å²) in [7, 11) is 0. The molecule has 3 rings (SSSR count). The van der Waals surface area contributed by atoms with Crippen molar-refractivity contribution in [2.24, 2.45) is 23.7 Å². The van der Waals surface area contributed by atoms with Gasteiger partial charge in [0.05, 0.1) is 0 Å². The summed E-state index contributed by atoms with van der Waals surface area (Å²) in [6.45, 7) is 0. The Kier molecular flexibility index (Phi) is 1.33. The minimum Gasteiger partial charge on any atom is -0.0528 e. The first-order valence-electron chi connectivity index (χ1n) is 5.45. The Morgan fingerprint density at radius 2 is 1.18 bits per heavy atom. The quantitative estimate of drug-likeness (QED) is 0.497. The van der Waals surface area contributed by atoms with Crippen LogP contribution in [0.4, 0.5) is 0 Å². The molecule has 1 unspecified atom stereocenters. The largest absolute Gasteiger partial charge is 0.0528 e. The average molecular weight is 150 g/mol. The predicted molar refractivity (Wildman–Crippen MR) is 46.3 cm³/mol. The van der Waals surface area contributed by atoms with E-state index in [4.69, 9.17) is 0 Å². The molecule has 0 aliphatic heterocycles. The number of rotatable bonds is 0. The van der Waals surface area contributed by atoms with E-state index in [2.05, 4.69) is 0 Å². The van der Waals surface area contributed by atoms with Crippen LogP contribution >= 0.6 is 0 Å². The molecule has 2 bridgehead atoms. The van der Waals surface area contributed by atoms with Crippen LogP contribution in [0.25, 0.3) is 0 Å². The Hall–Kier alpha value is 0. The van der Waals surface area contributed by atoms with Crippen molar-refractivity contribution in [1.82, 2.24) is 0 Å². The third-order valence-electron chi connectivity index (χ3n) is 4.59. The first-order chi connectivity index (χ1) is 5.45. The second-order valence-corrected chi connectivity index (χ2v) is 4.95. The van der Waals surface area contributed by atoms with E-state index in [-0.39, 0.29) is 0 Å². The summed E-state index contributed by atoms with van der Waals surface area (Å²) in [5, 5.41) is 0. The van der Waals surface area contributed by atoms with Crippen LogP contribution in [0.1, 0.15) is 44.9 Å². The van der Waals surface area contributed by atoms with Crippen LogP contribution in [0, 0.1) is 23.7 Å². The molecule has 3 saturated carbocycles. The summed E-state index contributed by atoms with van der Waals surface area (Å²) >= 11 is 0. The maximum atomic E-state index is 1.62. The van der Waals surface area contributed by atoms with E-state index in [1.807, 2.05) is 0 Å². The minimum atomic E-state index is 1.18. The van der Waals surface area contributed by atoms with Gasteiger partial charge in [-0.05, 0) is 42.9 Å². The maximum absolute atomic E-state index is 1.62. The molecule has 4 atom stereocenters. The second-order valence-electron chi connectivity index (χ2n) is 4.95. The summed E-state index contributed by atoms with van der Waals surface area (Å²) in [6.07, 6.45) is 11.1. The van der Waals surface area contributed by atoms with Gasteiger partial charge in [-0.2, -0.15) is 0 Å². The molecular weight excluding hydrogens is 132 g/mol. The fourth-order valence-electron chi connectivity index (χ4n) is 4.23. The molecule has 3 aliphatic rings. The van der Waals surface area contributed by atoms with Crippen molar-refractivity contribution in [3.63, 3.8) is 0 Å². The molecule has 0 radical (unpaired) electrons. The van der Waals surface area contributed by atoms with Crippen LogP contribution in [-0.4, -0.2) is 0 Å². The minimum absolute atomic E-state index is 1.18. The van der Waals surface area contributed by atoms with E-state index >= 15 is 0 Å². The van der Waals surface area contributed by atoms with Crippen LogP contribution in [0.2, 0.25) is 0 Å². The maximum Gasteiger partial charge on any atom is -0.0355 e. The third-order valence-corrected chi connectivity index (χ3v) is 4.59. The third kappa shape index (κ3) is 0.816. The van der Waals surface area contributed by atoms with Crippen LogP contribution in [0.15, 0.2) is 0 Å². The van der Waals surface area contributed by atoms with Gasteiger partial charge in [0.1, 0.15) is 0 Å². The first-order valence-corrected chi connectivity index (χ1v) is 5.45. The summed E-state index contributed by atoms with van der Waals surface area (Å²) in [6, 6.07) is 0. The lowest BCUT2D eigenvalue weighted by Crippen LogP contribution is -2.08. The molecule has 0 spiro atoms. The SMILES string of the molecule is C1C[C@H]2C[C@@H](C1)[C@H]1CCCC21. The zero-order valence-corrected chi connectivity index (χ0v) is 7.26. The molecule has 0 heterocycles. The van der Waals surface area contributed by atoms with Crippen molar-refractivity contribution in [3.8, 4) is 0 Å². The van der Waals surface area contributed by atoms with Crippen molar-refractivity contribution >= 4 is 0 Å². The normalized spacial score (nSPS) is 54.5.